The molecule has 2 aromatic rings. The molecule has 1 aromatic carbocycles. The van der Waals surface area contributed by atoms with Gasteiger partial charge in [-0.1, -0.05) is 58.1 Å². The Kier molecular flexibility index (Phi) is 9.43. The molecule has 0 N–H and O–H groups in total. The number of aryl methyl sites for hydroxylation is 1. The lowest BCUT2D eigenvalue weighted by Gasteiger charge is -2.04. The van der Waals surface area contributed by atoms with Gasteiger partial charge < -0.3 is 4.74 Å². The lowest BCUT2D eigenvalue weighted by atomic mass is 10.1. The molecule has 25 heavy (non-hydrogen) atoms. The first kappa shape index (κ1) is 19.8. The highest BCUT2D eigenvalue weighted by Crippen LogP contribution is 2.30. The summed E-state index contributed by atoms with van der Waals surface area (Å²) in [6, 6.07) is 13.0. The van der Waals surface area contributed by atoms with Crippen LogP contribution in [0, 0.1) is 0 Å². The lowest BCUT2D eigenvalue weighted by Crippen LogP contribution is -1.92. The predicted octanol–water partition coefficient (Wildman–Crippen LogP) is 7.66. The predicted molar refractivity (Wildman–Crippen MR) is 112 cm³/mol. The summed E-state index contributed by atoms with van der Waals surface area (Å²) < 4.78 is 5.75. The van der Waals surface area contributed by atoms with Gasteiger partial charge in [-0.25, -0.2) is 0 Å². The molecule has 0 spiro atoms. The van der Waals surface area contributed by atoms with Crippen molar-refractivity contribution < 1.29 is 4.74 Å². The fourth-order valence-electron chi connectivity index (χ4n) is 2.78. The summed E-state index contributed by atoms with van der Waals surface area (Å²) >= 11 is 1.93. The highest BCUT2D eigenvalue weighted by molar-refractivity contribution is 7.15. The van der Waals surface area contributed by atoms with Crippen molar-refractivity contribution >= 4 is 11.3 Å². The molecule has 0 saturated carbocycles. The second-order valence-electron chi connectivity index (χ2n) is 6.53. The summed E-state index contributed by atoms with van der Waals surface area (Å²) in [5.41, 5.74) is 1.29. The van der Waals surface area contributed by atoms with E-state index in [1.165, 1.54) is 60.3 Å². The first-order chi connectivity index (χ1) is 12.3. The van der Waals surface area contributed by atoms with Crippen LogP contribution in [0.25, 0.3) is 10.4 Å². The number of allylic oxidation sites excluding steroid dienone is 1. The van der Waals surface area contributed by atoms with Gasteiger partial charge >= 0.3 is 0 Å². The Morgan fingerprint density at radius 1 is 0.840 bits per heavy atom. The average molecular weight is 357 g/mol. The molecule has 0 aliphatic rings. The van der Waals surface area contributed by atoms with Gasteiger partial charge in [0, 0.05) is 9.75 Å². The molecule has 0 atom stereocenters. The Bertz CT molecular complexity index is 609. The van der Waals surface area contributed by atoms with Crippen LogP contribution in [0.15, 0.2) is 48.6 Å². The van der Waals surface area contributed by atoms with E-state index in [0.717, 1.165) is 12.2 Å². The van der Waals surface area contributed by atoms with E-state index in [9.17, 15) is 0 Å². The van der Waals surface area contributed by atoms with Crippen molar-refractivity contribution in [2.24, 2.45) is 0 Å². The molecule has 1 aromatic heterocycles. The summed E-state index contributed by atoms with van der Waals surface area (Å²) in [5, 5.41) is 0. The highest BCUT2D eigenvalue weighted by atomic mass is 32.1. The molecule has 0 fully saturated rings. The van der Waals surface area contributed by atoms with Crippen molar-refractivity contribution in [3.63, 3.8) is 0 Å². The Morgan fingerprint density at radius 3 is 2.40 bits per heavy atom. The maximum atomic E-state index is 5.75. The fourth-order valence-corrected chi connectivity index (χ4v) is 3.84. The Labute approximate surface area is 157 Å². The van der Waals surface area contributed by atoms with Crippen LogP contribution in [0.5, 0.6) is 5.75 Å². The zero-order chi connectivity index (χ0) is 17.7. The zero-order valence-corrected chi connectivity index (χ0v) is 16.6. The van der Waals surface area contributed by atoms with Gasteiger partial charge in [-0.05, 0) is 61.2 Å². The molecule has 0 amide bonds. The van der Waals surface area contributed by atoms with Crippen LogP contribution in [0.2, 0.25) is 0 Å². The molecule has 1 heterocycles. The van der Waals surface area contributed by atoms with Crippen LogP contribution in [0.3, 0.4) is 0 Å². The molecule has 2 heteroatoms. The van der Waals surface area contributed by atoms with E-state index in [0.29, 0.717) is 6.61 Å². The Morgan fingerprint density at radius 2 is 1.64 bits per heavy atom. The normalized spacial score (nSPS) is 11.3. The summed E-state index contributed by atoms with van der Waals surface area (Å²) in [7, 11) is 0. The third kappa shape index (κ3) is 7.48. The van der Waals surface area contributed by atoms with Gasteiger partial charge in [0.25, 0.3) is 0 Å². The average Bonchev–Trinajstić information content (AvgIpc) is 3.11. The first-order valence-electron chi connectivity index (χ1n) is 9.80. The Balaban J connectivity index is 1.79. The molecule has 136 valence electrons. The number of ether oxygens (including phenoxy) is 1. The molecule has 0 aliphatic carbocycles. The molecule has 1 nitrogen and oxygen atoms in total. The molecule has 0 aliphatic heterocycles. The number of rotatable bonds is 12. The number of unbranched alkanes of at least 4 members (excludes halogenated alkanes) is 5. The largest absolute Gasteiger partial charge is 0.490 e. The van der Waals surface area contributed by atoms with Crippen molar-refractivity contribution in [1.29, 1.82) is 0 Å². The van der Waals surface area contributed by atoms with Crippen LogP contribution in [-0.2, 0) is 6.42 Å². The summed E-state index contributed by atoms with van der Waals surface area (Å²) in [5.74, 6) is 0.942. The third-order valence-corrected chi connectivity index (χ3v) is 5.49. The highest BCUT2D eigenvalue weighted by Gasteiger charge is 2.03. The first-order valence-corrected chi connectivity index (χ1v) is 10.6. The lowest BCUT2D eigenvalue weighted by molar-refractivity contribution is 0.362. The van der Waals surface area contributed by atoms with E-state index < -0.39 is 0 Å². The van der Waals surface area contributed by atoms with E-state index in [1.54, 1.807) is 0 Å². The minimum Gasteiger partial charge on any atom is -0.490 e. The van der Waals surface area contributed by atoms with Crippen LogP contribution in [0.4, 0.5) is 0 Å². The van der Waals surface area contributed by atoms with Gasteiger partial charge in [-0.2, -0.15) is 0 Å². The van der Waals surface area contributed by atoms with Gasteiger partial charge in [-0.15, -0.1) is 11.3 Å². The fraction of sp³-hybridized carbons (Fsp3) is 0.478. The molecular formula is C23H32OS. The van der Waals surface area contributed by atoms with Crippen molar-refractivity contribution in [1.82, 2.24) is 0 Å². The summed E-state index contributed by atoms with van der Waals surface area (Å²) in [4.78, 5) is 2.87. The molecule has 0 bridgehead atoms. The molecular weight excluding hydrogens is 324 g/mol. The number of hydrogen-bond donors (Lipinski definition) is 0. The van der Waals surface area contributed by atoms with Crippen LogP contribution >= 0.6 is 11.3 Å². The molecule has 0 unspecified atom stereocenters. The standard InChI is InChI=1S/C23H32OS/c1-3-5-7-9-10-12-22-17-18-23(25-22)20-13-15-21(16-14-20)24-19-11-8-6-4-2/h8,11,13-18H,3-7,9-10,12,19H2,1-2H3. The van der Waals surface area contributed by atoms with E-state index in [1.807, 2.05) is 11.3 Å². The van der Waals surface area contributed by atoms with Gasteiger partial charge in [0.2, 0.25) is 0 Å². The summed E-state index contributed by atoms with van der Waals surface area (Å²) in [6.07, 6.45) is 14.6. The van der Waals surface area contributed by atoms with Crippen molar-refractivity contribution in [3.8, 4) is 16.2 Å². The van der Waals surface area contributed by atoms with Gasteiger partial charge in [0.1, 0.15) is 12.4 Å². The molecule has 2 rings (SSSR count). The van der Waals surface area contributed by atoms with Gasteiger partial charge in [0.05, 0.1) is 0 Å². The maximum Gasteiger partial charge on any atom is 0.119 e. The van der Waals surface area contributed by atoms with Crippen molar-refractivity contribution in [3.05, 3.63) is 53.4 Å². The quantitative estimate of drug-likeness (QED) is 0.280. The van der Waals surface area contributed by atoms with Crippen molar-refractivity contribution in [2.75, 3.05) is 6.61 Å². The number of thiophene rings is 1. The Hall–Kier alpha value is -1.54. The van der Waals surface area contributed by atoms with Crippen molar-refractivity contribution in [2.45, 2.75) is 65.2 Å². The maximum absolute atomic E-state index is 5.75. The van der Waals surface area contributed by atoms with Gasteiger partial charge in [0.15, 0.2) is 0 Å². The number of benzene rings is 1. The zero-order valence-electron chi connectivity index (χ0n) is 15.8. The van der Waals surface area contributed by atoms with Crippen LogP contribution < -0.4 is 4.74 Å². The minimum atomic E-state index is 0.653. The van der Waals surface area contributed by atoms with E-state index in [-0.39, 0.29) is 0 Å². The monoisotopic (exact) mass is 356 g/mol. The third-order valence-electron chi connectivity index (χ3n) is 4.30. The second-order valence-corrected chi connectivity index (χ2v) is 7.69. The van der Waals surface area contributed by atoms with E-state index in [2.05, 4.69) is 62.4 Å². The topological polar surface area (TPSA) is 9.23 Å². The minimum absolute atomic E-state index is 0.653. The number of hydrogen-bond acceptors (Lipinski definition) is 2. The summed E-state index contributed by atoms with van der Waals surface area (Å²) in [6.45, 7) is 5.11. The van der Waals surface area contributed by atoms with E-state index >= 15 is 0 Å². The molecule has 0 radical (unpaired) electrons. The SMILES string of the molecule is CCCC=CCOc1ccc(-c2ccc(CCCCCCC)s2)cc1. The van der Waals surface area contributed by atoms with E-state index in [4.69, 9.17) is 4.74 Å². The van der Waals surface area contributed by atoms with Crippen LogP contribution in [-0.4, -0.2) is 6.61 Å². The smallest absolute Gasteiger partial charge is 0.119 e. The van der Waals surface area contributed by atoms with Crippen LogP contribution in [0.1, 0.15) is 63.7 Å². The molecule has 0 saturated heterocycles. The van der Waals surface area contributed by atoms with Gasteiger partial charge in [-0.3, -0.25) is 0 Å². The second kappa shape index (κ2) is 11.9.